The number of Topliss-reactive ketones (excluding diaryl/α,β-unsaturated/α-hetero) is 8. The Bertz CT molecular complexity index is 2170. The van der Waals surface area contributed by atoms with Crippen molar-refractivity contribution in [1.29, 1.82) is 0 Å². The molecule has 0 saturated carbocycles. The topological polar surface area (TPSA) is 325 Å². The predicted octanol–water partition coefficient (Wildman–Crippen LogP) is 12.1. The van der Waals surface area contributed by atoms with Crippen molar-refractivity contribution >= 4 is 81.7 Å². The molecule has 93 heavy (non-hydrogen) atoms. The average molecular weight is 1310 g/mol. The molecule has 0 aliphatic carbocycles. The zero-order chi connectivity index (χ0) is 69.7. The third kappa shape index (κ3) is 63.4. The van der Waals surface area contributed by atoms with Gasteiger partial charge in [0, 0.05) is 154 Å². The zero-order valence-electron chi connectivity index (χ0n) is 58.9. The molecule has 3 atom stereocenters. The van der Waals surface area contributed by atoms with Crippen LogP contribution in [0.5, 0.6) is 0 Å². The number of primary amides is 1. The second-order valence-electron chi connectivity index (χ2n) is 25.9. The fraction of sp³-hybridized carbons (Fsp3) is 0.808. The first kappa shape index (κ1) is 89.2. The molecule has 0 aliphatic heterocycles. The van der Waals surface area contributed by atoms with Crippen LogP contribution in [-0.4, -0.2) is 114 Å². The molecular formula is C73H128N6O14. The molecule has 0 radical (unpaired) electrons. The summed E-state index contributed by atoms with van der Waals surface area (Å²) in [5.74, 6) is -0.847. The Morgan fingerprint density at radius 1 is 0.280 bits per heavy atom. The highest BCUT2D eigenvalue weighted by Gasteiger charge is 2.24. The first-order valence-electron chi connectivity index (χ1n) is 36.1. The van der Waals surface area contributed by atoms with Gasteiger partial charge in [-0.1, -0.05) is 90.4 Å². The minimum absolute atomic E-state index is 0.0158. The van der Waals surface area contributed by atoms with E-state index in [1.165, 1.54) is 13.8 Å². The molecule has 0 fully saturated rings. The number of carbonyl (C=O) groups is 14. The summed E-state index contributed by atoms with van der Waals surface area (Å²) in [6.45, 7) is 12.3. The summed E-state index contributed by atoms with van der Waals surface area (Å²) in [7, 11) is 0. The van der Waals surface area contributed by atoms with Crippen LogP contribution < -0.4 is 32.3 Å². The zero-order valence-corrected chi connectivity index (χ0v) is 58.9. The van der Waals surface area contributed by atoms with Gasteiger partial charge in [0.15, 0.2) is 0 Å². The van der Waals surface area contributed by atoms with Crippen LogP contribution in [0.1, 0.15) is 330 Å². The van der Waals surface area contributed by atoms with E-state index in [0.29, 0.717) is 155 Å². The summed E-state index contributed by atoms with van der Waals surface area (Å²) in [5.41, 5.74) is 5.58. The normalized spacial score (nSPS) is 11.8. The van der Waals surface area contributed by atoms with E-state index >= 15 is 0 Å². The van der Waals surface area contributed by atoms with Gasteiger partial charge < -0.3 is 46.7 Å². The molecule has 20 heteroatoms. The molecule has 6 amide bonds. The van der Waals surface area contributed by atoms with Crippen LogP contribution >= 0.6 is 0 Å². The van der Waals surface area contributed by atoms with Crippen molar-refractivity contribution in [3.63, 3.8) is 0 Å². The maximum Gasteiger partial charge on any atom is 0.223 e. The fourth-order valence-electron chi connectivity index (χ4n) is 10.9. The molecule has 0 saturated heterocycles. The van der Waals surface area contributed by atoms with Crippen molar-refractivity contribution in [3.05, 3.63) is 0 Å². The second-order valence-corrected chi connectivity index (χ2v) is 25.9. The quantitative estimate of drug-likeness (QED) is 0.0309. The van der Waals surface area contributed by atoms with Crippen molar-refractivity contribution in [1.82, 2.24) is 26.6 Å². The Morgan fingerprint density at radius 3 is 0.925 bits per heavy atom. The highest BCUT2D eigenvalue weighted by Crippen LogP contribution is 2.22. The first-order valence-corrected chi connectivity index (χ1v) is 36.1. The summed E-state index contributed by atoms with van der Waals surface area (Å²) >= 11 is 0. The summed E-state index contributed by atoms with van der Waals surface area (Å²) in [4.78, 5) is 167. The minimum atomic E-state index is -0.538. The standard InChI is InChI=1S/C40H70N4O8.C33H58N2O6/c1-31(45)19-9-4-6-11-23-36(48)29-34(39(41)51)21-14-18-28-44-40(52)35(30-37(49)24-12-7-5-10-20-32(2)46)22-15-17-27-43-38(50)25-13-8-16-26-42-33(3)47;1-4-30(38)20-11-7-8-13-22-32(40)29(26-31(39)21-12-6-5-10-18-27(2)36)19-15-17-25-35-33(41)23-14-9-16-24-34-28(3)37/h34-35H,4-30H2,1-3H3,(H2,41,51)(H,42,47)(H,43,50)(H,44,52);29H,4-26H2,1-3H3,(H,34,37)(H,35,41). The van der Waals surface area contributed by atoms with Crippen LogP contribution in [-0.2, 0) is 67.1 Å². The predicted molar refractivity (Wildman–Crippen MR) is 367 cm³/mol. The van der Waals surface area contributed by atoms with E-state index in [1.54, 1.807) is 20.8 Å². The van der Waals surface area contributed by atoms with Crippen molar-refractivity contribution in [3.8, 4) is 0 Å². The molecule has 534 valence electrons. The van der Waals surface area contributed by atoms with Gasteiger partial charge in [0.25, 0.3) is 0 Å². The molecule has 0 spiro atoms. The monoisotopic (exact) mass is 1310 g/mol. The maximum absolute atomic E-state index is 13.2. The summed E-state index contributed by atoms with van der Waals surface area (Å²) in [6.07, 6.45) is 30.6. The summed E-state index contributed by atoms with van der Waals surface area (Å²) in [6, 6.07) is 0. The van der Waals surface area contributed by atoms with E-state index in [2.05, 4.69) is 26.6 Å². The lowest BCUT2D eigenvalue weighted by molar-refractivity contribution is -0.129. The Balaban J connectivity index is 0. The fourth-order valence-corrected chi connectivity index (χ4v) is 10.9. The molecule has 20 nitrogen and oxygen atoms in total. The number of unbranched alkanes of at least 4 members (excludes halogenated alkanes) is 19. The van der Waals surface area contributed by atoms with Gasteiger partial charge in [-0.05, 0) is 136 Å². The third-order valence-electron chi connectivity index (χ3n) is 16.7. The maximum atomic E-state index is 13.2. The number of hydrogen-bond acceptors (Lipinski definition) is 14. The lowest BCUT2D eigenvalue weighted by atomic mass is 9.88. The first-order chi connectivity index (χ1) is 44.5. The van der Waals surface area contributed by atoms with Crippen LogP contribution in [0.4, 0.5) is 0 Å². The largest absolute Gasteiger partial charge is 0.369 e. The molecule has 0 aromatic heterocycles. The van der Waals surface area contributed by atoms with E-state index in [1.807, 2.05) is 6.92 Å². The number of nitrogens with two attached hydrogens (primary N) is 1. The van der Waals surface area contributed by atoms with Crippen LogP contribution in [0.3, 0.4) is 0 Å². The number of rotatable bonds is 65. The SMILES string of the molecule is CC(=O)CCCCCCC(=O)CC(CCCCNC(=O)C(CCCCNC(=O)CCCCCNC(C)=O)CC(=O)CCCCCCC(C)=O)C(N)=O.CCC(=O)CCCCCCC(=O)C(CCCCNC(=O)CCCCCNC(C)=O)CC(=O)CCCCCCC(C)=O. The van der Waals surface area contributed by atoms with Crippen molar-refractivity contribution < 1.29 is 67.1 Å². The highest BCUT2D eigenvalue weighted by molar-refractivity contribution is 5.89. The van der Waals surface area contributed by atoms with Crippen molar-refractivity contribution in [2.24, 2.45) is 23.5 Å². The lowest BCUT2D eigenvalue weighted by Gasteiger charge is -2.17. The molecule has 0 aromatic carbocycles. The van der Waals surface area contributed by atoms with Crippen LogP contribution in [0.2, 0.25) is 0 Å². The Hall–Kier alpha value is -5.82. The number of nitrogens with one attached hydrogen (secondary N) is 5. The van der Waals surface area contributed by atoms with Gasteiger partial charge in [0.05, 0.1) is 0 Å². The van der Waals surface area contributed by atoms with Gasteiger partial charge in [-0.3, -0.25) is 52.7 Å². The van der Waals surface area contributed by atoms with Gasteiger partial charge >= 0.3 is 0 Å². The van der Waals surface area contributed by atoms with Gasteiger partial charge in [-0.25, -0.2) is 0 Å². The third-order valence-corrected chi connectivity index (χ3v) is 16.7. The van der Waals surface area contributed by atoms with Crippen LogP contribution in [0.15, 0.2) is 0 Å². The number of hydrogen-bond donors (Lipinski definition) is 6. The smallest absolute Gasteiger partial charge is 0.223 e. The number of ketones is 8. The Kier molecular flexibility index (Phi) is 59.8. The Morgan fingerprint density at radius 2 is 0.559 bits per heavy atom. The van der Waals surface area contributed by atoms with Crippen LogP contribution in [0, 0.1) is 17.8 Å². The molecule has 0 aliphatic rings. The molecule has 0 heterocycles. The summed E-state index contributed by atoms with van der Waals surface area (Å²) in [5, 5.41) is 14.3. The summed E-state index contributed by atoms with van der Waals surface area (Å²) < 4.78 is 0. The number of amides is 6. The molecule has 0 bridgehead atoms. The van der Waals surface area contributed by atoms with Gasteiger partial charge in [-0.15, -0.1) is 0 Å². The van der Waals surface area contributed by atoms with Crippen molar-refractivity contribution in [2.75, 3.05) is 32.7 Å². The van der Waals surface area contributed by atoms with Crippen molar-refractivity contribution in [2.45, 2.75) is 330 Å². The van der Waals surface area contributed by atoms with E-state index in [-0.39, 0.29) is 94.6 Å². The van der Waals surface area contributed by atoms with Crippen LogP contribution in [0.25, 0.3) is 0 Å². The van der Waals surface area contributed by atoms with Gasteiger partial charge in [-0.2, -0.15) is 0 Å². The molecule has 3 unspecified atom stereocenters. The highest BCUT2D eigenvalue weighted by atomic mass is 16.2. The minimum Gasteiger partial charge on any atom is -0.369 e. The van der Waals surface area contributed by atoms with Gasteiger partial charge in [0.1, 0.15) is 46.3 Å². The Labute approximate surface area is 559 Å². The average Bonchev–Trinajstić information content (AvgIpc) is 2.31. The van der Waals surface area contributed by atoms with E-state index < -0.39 is 17.7 Å². The molecule has 7 N–H and O–H groups in total. The van der Waals surface area contributed by atoms with E-state index in [9.17, 15) is 67.1 Å². The molecule has 0 aromatic rings. The number of carbonyl (C=O) groups excluding carboxylic acids is 14. The lowest BCUT2D eigenvalue weighted by Crippen LogP contribution is -2.33. The molecular weight excluding hydrogens is 1180 g/mol. The van der Waals surface area contributed by atoms with Gasteiger partial charge in [0.2, 0.25) is 35.4 Å². The second kappa shape index (κ2) is 62.3. The van der Waals surface area contributed by atoms with E-state index in [0.717, 1.165) is 154 Å². The molecule has 0 rings (SSSR count). The van der Waals surface area contributed by atoms with E-state index in [4.69, 9.17) is 5.73 Å².